The number of hydrogen-bond donors (Lipinski definition) is 1. The summed E-state index contributed by atoms with van der Waals surface area (Å²) in [5.41, 5.74) is 0.711. The molecule has 0 amide bonds. The first-order valence-electron chi connectivity index (χ1n) is 5.94. The number of carbonyl (C=O) groups is 1. The predicted molar refractivity (Wildman–Crippen MR) is 71.4 cm³/mol. The molecular formula is C14H12N2O4. The van der Waals surface area contributed by atoms with E-state index >= 15 is 0 Å². The molecule has 0 bridgehead atoms. The zero-order valence-corrected chi connectivity index (χ0v) is 10.5. The van der Waals surface area contributed by atoms with Gasteiger partial charge in [-0.3, -0.25) is 19.9 Å². The summed E-state index contributed by atoms with van der Waals surface area (Å²) < 4.78 is 0. The van der Waals surface area contributed by atoms with Gasteiger partial charge in [-0.05, 0) is 18.1 Å². The zero-order chi connectivity index (χ0) is 14.5. The minimum absolute atomic E-state index is 0.168. The molecule has 6 heteroatoms. The van der Waals surface area contributed by atoms with E-state index in [2.05, 4.69) is 4.98 Å². The maximum atomic E-state index is 11.4. The van der Waals surface area contributed by atoms with Crippen molar-refractivity contribution in [1.82, 2.24) is 4.98 Å². The van der Waals surface area contributed by atoms with E-state index in [0.717, 1.165) is 11.8 Å². The van der Waals surface area contributed by atoms with Crippen LogP contribution in [0.2, 0.25) is 0 Å². The Hall–Kier alpha value is -2.76. The molecule has 0 fully saturated rings. The molecule has 1 atom stereocenters. The lowest BCUT2D eigenvalue weighted by molar-refractivity contribution is -0.386. The van der Waals surface area contributed by atoms with Crippen LogP contribution in [0.4, 0.5) is 5.69 Å². The maximum absolute atomic E-state index is 11.4. The largest absolute Gasteiger partial charge is 0.481 e. The number of hydrogen-bond acceptors (Lipinski definition) is 4. The van der Waals surface area contributed by atoms with Crippen molar-refractivity contribution in [3.05, 3.63) is 70.0 Å². The second-order valence-electron chi connectivity index (χ2n) is 4.27. The van der Waals surface area contributed by atoms with Gasteiger partial charge < -0.3 is 5.11 Å². The van der Waals surface area contributed by atoms with E-state index in [4.69, 9.17) is 0 Å². The zero-order valence-electron chi connectivity index (χ0n) is 10.5. The first-order valence-corrected chi connectivity index (χ1v) is 5.94. The maximum Gasteiger partial charge on any atom is 0.311 e. The number of nitrogens with zero attached hydrogens (tertiary/aromatic N) is 2. The van der Waals surface area contributed by atoms with E-state index in [1.807, 2.05) is 6.07 Å². The summed E-state index contributed by atoms with van der Waals surface area (Å²) in [6.45, 7) is 0. The van der Waals surface area contributed by atoms with E-state index in [-0.39, 0.29) is 17.7 Å². The average Bonchev–Trinajstić information content (AvgIpc) is 2.45. The van der Waals surface area contributed by atoms with Gasteiger partial charge in [-0.25, -0.2) is 0 Å². The van der Waals surface area contributed by atoms with Gasteiger partial charge in [0.1, 0.15) is 6.20 Å². The molecule has 2 rings (SSSR count). The highest BCUT2D eigenvalue weighted by molar-refractivity contribution is 5.78. The van der Waals surface area contributed by atoms with Crippen LogP contribution in [0.25, 0.3) is 0 Å². The summed E-state index contributed by atoms with van der Waals surface area (Å²) in [6, 6.07) is 10.4. The average molecular weight is 272 g/mol. The number of pyridine rings is 1. The first-order chi connectivity index (χ1) is 9.59. The molecule has 1 aromatic heterocycles. The topological polar surface area (TPSA) is 93.3 Å². The Bertz CT molecular complexity index is 628. The fraction of sp³-hybridized carbons (Fsp3) is 0.143. The summed E-state index contributed by atoms with van der Waals surface area (Å²) in [7, 11) is 0. The lowest BCUT2D eigenvalue weighted by Gasteiger charge is -2.12. The van der Waals surface area contributed by atoms with Gasteiger partial charge >= 0.3 is 5.97 Å². The number of carboxylic acid groups (broad SMARTS) is 1. The summed E-state index contributed by atoms with van der Waals surface area (Å²) in [6.07, 6.45) is 2.64. The van der Waals surface area contributed by atoms with Crippen molar-refractivity contribution in [3.8, 4) is 0 Å². The van der Waals surface area contributed by atoms with Gasteiger partial charge in [-0.15, -0.1) is 0 Å². The number of aromatic nitrogens is 1. The molecule has 20 heavy (non-hydrogen) atoms. The van der Waals surface area contributed by atoms with Gasteiger partial charge in [0.25, 0.3) is 5.69 Å². The monoisotopic (exact) mass is 272 g/mol. The number of nitro groups is 1. The molecule has 1 unspecified atom stereocenters. The smallest absolute Gasteiger partial charge is 0.311 e. The van der Waals surface area contributed by atoms with Gasteiger partial charge in [-0.1, -0.05) is 30.3 Å². The molecule has 0 aliphatic carbocycles. The van der Waals surface area contributed by atoms with Crippen LogP contribution in [0.15, 0.2) is 48.8 Å². The van der Waals surface area contributed by atoms with Gasteiger partial charge in [0.05, 0.1) is 10.8 Å². The van der Waals surface area contributed by atoms with E-state index in [1.54, 1.807) is 24.3 Å². The van der Waals surface area contributed by atoms with Crippen LogP contribution in [0, 0.1) is 10.1 Å². The first kappa shape index (κ1) is 13.7. The third-order valence-electron chi connectivity index (χ3n) is 2.99. The standard InChI is InChI=1S/C14H12N2O4/c17-14(18)12(8-10-4-2-1-3-5-10)11-6-7-15-9-13(11)16(19)20/h1-7,9,12H,8H2,(H,17,18). The van der Waals surface area contributed by atoms with Crippen LogP contribution in [0.5, 0.6) is 0 Å². The highest BCUT2D eigenvalue weighted by atomic mass is 16.6. The predicted octanol–water partition coefficient (Wildman–Crippen LogP) is 2.40. The molecule has 102 valence electrons. The lowest BCUT2D eigenvalue weighted by atomic mass is 9.92. The van der Waals surface area contributed by atoms with Crippen molar-refractivity contribution in [3.63, 3.8) is 0 Å². The Labute approximate surface area is 114 Å². The quantitative estimate of drug-likeness (QED) is 0.666. The van der Waals surface area contributed by atoms with Crippen LogP contribution < -0.4 is 0 Å². The summed E-state index contributed by atoms with van der Waals surface area (Å²) in [4.78, 5) is 25.5. The fourth-order valence-electron chi connectivity index (χ4n) is 2.02. The lowest BCUT2D eigenvalue weighted by Crippen LogP contribution is -2.16. The van der Waals surface area contributed by atoms with E-state index in [9.17, 15) is 20.0 Å². The van der Waals surface area contributed by atoms with Crippen LogP contribution in [0.1, 0.15) is 17.0 Å². The minimum atomic E-state index is -1.09. The van der Waals surface area contributed by atoms with Gasteiger partial charge in [0.15, 0.2) is 0 Å². The number of rotatable bonds is 5. The molecule has 1 aromatic carbocycles. The molecule has 0 saturated heterocycles. The minimum Gasteiger partial charge on any atom is -0.481 e. The van der Waals surface area contributed by atoms with Crippen molar-refractivity contribution >= 4 is 11.7 Å². The molecule has 6 nitrogen and oxygen atoms in total. The van der Waals surface area contributed by atoms with Crippen LogP contribution in [-0.2, 0) is 11.2 Å². The Morgan fingerprint density at radius 2 is 2.00 bits per heavy atom. The molecule has 0 aliphatic heterocycles. The number of benzene rings is 1. The van der Waals surface area contributed by atoms with E-state index in [1.165, 1.54) is 12.3 Å². The van der Waals surface area contributed by atoms with Crippen molar-refractivity contribution in [2.24, 2.45) is 0 Å². The van der Waals surface area contributed by atoms with Gasteiger partial charge in [0.2, 0.25) is 0 Å². The van der Waals surface area contributed by atoms with E-state index in [0.29, 0.717) is 0 Å². The SMILES string of the molecule is O=C(O)C(Cc1ccccc1)c1ccncc1[N+](=O)[O-]. The summed E-state index contributed by atoms with van der Waals surface area (Å²) >= 11 is 0. The third kappa shape index (κ3) is 2.97. The van der Waals surface area contributed by atoms with Gasteiger partial charge in [0, 0.05) is 11.8 Å². The molecule has 0 radical (unpaired) electrons. The molecule has 1 heterocycles. The third-order valence-corrected chi connectivity index (χ3v) is 2.99. The van der Waals surface area contributed by atoms with Crippen LogP contribution in [-0.4, -0.2) is 21.0 Å². The summed E-state index contributed by atoms with van der Waals surface area (Å²) in [5.74, 6) is -2.07. The second kappa shape index (κ2) is 5.92. The normalized spacial score (nSPS) is 11.8. The highest BCUT2D eigenvalue weighted by Gasteiger charge is 2.27. The molecular weight excluding hydrogens is 260 g/mol. The van der Waals surface area contributed by atoms with Gasteiger partial charge in [-0.2, -0.15) is 0 Å². The van der Waals surface area contributed by atoms with Crippen molar-refractivity contribution < 1.29 is 14.8 Å². The Morgan fingerprint density at radius 1 is 1.30 bits per heavy atom. The number of aliphatic carboxylic acids is 1. The Balaban J connectivity index is 2.39. The fourth-order valence-corrected chi connectivity index (χ4v) is 2.02. The van der Waals surface area contributed by atoms with Crippen molar-refractivity contribution in [2.45, 2.75) is 12.3 Å². The summed E-state index contributed by atoms with van der Waals surface area (Å²) in [5, 5.41) is 20.3. The Morgan fingerprint density at radius 3 is 2.60 bits per heavy atom. The highest BCUT2D eigenvalue weighted by Crippen LogP contribution is 2.28. The van der Waals surface area contributed by atoms with E-state index < -0.39 is 16.8 Å². The molecule has 0 spiro atoms. The van der Waals surface area contributed by atoms with Crippen LogP contribution in [0.3, 0.4) is 0 Å². The number of carboxylic acids is 1. The molecule has 0 aliphatic rings. The Kier molecular flexibility index (Phi) is 4.05. The molecule has 2 aromatic rings. The second-order valence-corrected chi connectivity index (χ2v) is 4.27. The van der Waals surface area contributed by atoms with Crippen molar-refractivity contribution in [2.75, 3.05) is 0 Å². The van der Waals surface area contributed by atoms with Crippen LogP contribution >= 0.6 is 0 Å². The molecule has 0 saturated carbocycles. The van der Waals surface area contributed by atoms with Crippen molar-refractivity contribution in [1.29, 1.82) is 0 Å². The molecule has 1 N–H and O–H groups in total.